The van der Waals surface area contributed by atoms with Crippen molar-refractivity contribution in [2.24, 2.45) is 11.7 Å². The van der Waals surface area contributed by atoms with E-state index in [9.17, 15) is 4.79 Å². The highest BCUT2D eigenvalue weighted by atomic mass is 35.5. The summed E-state index contributed by atoms with van der Waals surface area (Å²) in [6.45, 7) is 10.6. The number of carbonyl (C=O) groups excluding carboxylic acids is 1. The molecule has 1 aromatic rings. The number of hydrogen-bond acceptors (Lipinski definition) is 5. The fourth-order valence-corrected chi connectivity index (χ4v) is 2.31. The highest BCUT2D eigenvalue weighted by Gasteiger charge is 2.25. The molecule has 0 aliphatic rings. The van der Waals surface area contributed by atoms with E-state index in [2.05, 4.69) is 29.3 Å². The summed E-state index contributed by atoms with van der Waals surface area (Å²) in [5, 5.41) is 6.91. The molecule has 0 aromatic carbocycles. The third-order valence-electron chi connectivity index (χ3n) is 3.32. The van der Waals surface area contributed by atoms with Crippen LogP contribution in [0, 0.1) is 5.92 Å². The molecule has 1 atom stereocenters. The molecule has 0 saturated heterocycles. The Bertz CT molecular complexity index is 462. The van der Waals surface area contributed by atoms with E-state index in [1.165, 1.54) is 0 Å². The Morgan fingerprint density at radius 3 is 2.45 bits per heavy atom. The van der Waals surface area contributed by atoms with Crippen molar-refractivity contribution in [3.05, 3.63) is 11.7 Å². The average molecular weight is 333 g/mol. The summed E-state index contributed by atoms with van der Waals surface area (Å²) >= 11 is 0. The van der Waals surface area contributed by atoms with Crippen molar-refractivity contribution in [1.29, 1.82) is 0 Å². The number of nitrogens with zero attached hydrogens (tertiary/aromatic N) is 2. The fourth-order valence-electron chi connectivity index (χ4n) is 2.31. The van der Waals surface area contributed by atoms with Crippen LogP contribution in [0.4, 0.5) is 0 Å². The normalized spacial score (nSPS) is 13.8. The largest absolute Gasteiger partial charge is 0.350 e. The highest BCUT2D eigenvalue weighted by molar-refractivity contribution is 5.85. The zero-order valence-electron chi connectivity index (χ0n) is 14.2. The molecule has 1 unspecified atom stereocenters. The van der Waals surface area contributed by atoms with Crippen LogP contribution in [0.3, 0.4) is 0 Å². The van der Waals surface area contributed by atoms with Gasteiger partial charge in [0.05, 0.1) is 0 Å². The molecule has 22 heavy (non-hydrogen) atoms. The number of carbonyl (C=O) groups is 1. The topological polar surface area (TPSA) is 94.0 Å². The predicted molar refractivity (Wildman–Crippen MR) is 89.0 cm³/mol. The first-order valence-corrected chi connectivity index (χ1v) is 7.59. The predicted octanol–water partition coefficient (Wildman–Crippen LogP) is 2.43. The number of halogens is 1. The number of nitrogens with one attached hydrogen (secondary N) is 1. The van der Waals surface area contributed by atoms with Crippen LogP contribution in [-0.4, -0.2) is 28.1 Å². The zero-order chi connectivity index (χ0) is 16.0. The van der Waals surface area contributed by atoms with Gasteiger partial charge < -0.3 is 15.6 Å². The number of aromatic nitrogens is 2. The average Bonchev–Trinajstić information content (AvgIpc) is 2.84. The number of hydrogen-bond donors (Lipinski definition) is 2. The second kappa shape index (κ2) is 9.10. The van der Waals surface area contributed by atoms with E-state index in [0.717, 1.165) is 6.42 Å². The van der Waals surface area contributed by atoms with Crippen LogP contribution >= 0.6 is 12.4 Å². The van der Waals surface area contributed by atoms with Crippen LogP contribution in [0.1, 0.15) is 65.1 Å². The Hall–Kier alpha value is -1.14. The Morgan fingerprint density at radius 2 is 2.00 bits per heavy atom. The van der Waals surface area contributed by atoms with Gasteiger partial charge >= 0.3 is 0 Å². The number of aryl methyl sites for hydroxylation is 1. The first-order chi connectivity index (χ1) is 9.75. The van der Waals surface area contributed by atoms with Gasteiger partial charge in [0.2, 0.25) is 11.8 Å². The van der Waals surface area contributed by atoms with E-state index in [-0.39, 0.29) is 29.8 Å². The molecule has 0 spiro atoms. The molecule has 1 aromatic heterocycles. The van der Waals surface area contributed by atoms with Gasteiger partial charge in [0, 0.05) is 30.8 Å². The smallest absolute Gasteiger partial charge is 0.227 e. The molecule has 0 aliphatic carbocycles. The summed E-state index contributed by atoms with van der Waals surface area (Å²) in [4.78, 5) is 16.3. The van der Waals surface area contributed by atoms with E-state index in [4.69, 9.17) is 10.3 Å². The van der Waals surface area contributed by atoms with Crippen molar-refractivity contribution in [3.63, 3.8) is 0 Å². The van der Waals surface area contributed by atoms with Crippen molar-refractivity contribution in [1.82, 2.24) is 15.5 Å². The lowest BCUT2D eigenvalue weighted by atomic mass is 9.90. The maximum absolute atomic E-state index is 12.1. The first-order valence-electron chi connectivity index (χ1n) is 7.59. The Labute approximate surface area is 139 Å². The third kappa shape index (κ3) is 6.75. The second-order valence-electron chi connectivity index (χ2n) is 6.61. The van der Waals surface area contributed by atoms with Gasteiger partial charge in [0.1, 0.15) is 0 Å². The van der Waals surface area contributed by atoms with Crippen LogP contribution in [0.15, 0.2) is 4.52 Å². The van der Waals surface area contributed by atoms with Gasteiger partial charge in [-0.1, -0.05) is 32.9 Å². The van der Waals surface area contributed by atoms with Crippen molar-refractivity contribution in [3.8, 4) is 0 Å². The van der Waals surface area contributed by atoms with Crippen molar-refractivity contribution < 1.29 is 9.32 Å². The molecule has 6 nitrogen and oxygen atoms in total. The van der Waals surface area contributed by atoms with Gasteiger partial charge in [-0.3, -0.25) is 4.79 Å². The molecule has 1 rings (SSSR count). The summed E-state index contributed by atoms with van der Waals surface area (Å²) in [6.07, 6.45) is 1.63. The molecular weight excluding hydrogens is 304 g/mol. The van der Waals surface area contributed by atoms with E-state index < -0.39 is 0 Å². The molecule has 3 N–H and O–H groups in total. The van der Waals surface area contributed by atoms with Crippen molar-refractivity contribution in [2.75, 3.05) is 6.54 Å². The fraction of sp³-hybridized carbons (Fsp3) is 0.800. The van der Waals surface area contributed by atoms with E-state index in [1.54, 1.807) is 0 Å². The molecule has 1 heterocycles. The molecule has 0 radical (unpaired) electrons. The molecule has 0 aliphatic heterocycles. The zero-order valence-corrected chi connectivity index (χ0v) is 15.0. The summed E-state index contributed by atoms with van der Waals surface area (Å²) in [5.74, 6) is 1.85. The number of amides is 1. The molecule has 128 valence electrons. The molecule has 0 fully saturated rings. The van der Waals surface area contributed by atoms with Gasteiger partial charge in [-0.25, -0.2) is 0 Å². The maximum Gasteiger partial charge on any atom is 0.227 e. The second-order valence-corrected chi connectivity index (χ2v) is 6.61. The van der Waals surface area contributed by atoms with E-state index in [1.807, 2.05) is 20.8 Å². The molecule has 7 heteroatoms. The summed E-state index contributed by atoms with van der Waals surface area (Å²) < 4.78 is 5.13. The SMILES string of the molecule is CC(C)CC(C)(CN)NC(=O)CCc1nc(C(C)C)no1.Cl. The molecule has 0 bridgehead atoms. The Balaban J connectivity index is 0.00000441. The highest BCUT2D eigenvalue weighted by Crippen LogP contribution is 2.16. The van der Waals surface area contributed by atoms with E-state index >= 15 is 0 Å². The quantitative estimate of drug-likeness (QED) is 0.762. The third-order valence-corrected chi connectivity index (χ3v) is 3.32. The lowest BCUT2D eigenvalue weighted by Gasteiger charge is -2.31. The number of nitrogens with two attached hydrogens (primary N) is 1. The Morgan fingerprint density at radius 1 is 1.36 bits per heavy atom. The van der Waals surface area contributed by atoms with Crippen LogP contribution in [0.25, 0.3) is 0 Å². The Kier molecular flexibility index (Phi) is 8.63. The van der Waals surface area contributed by atoms with Crippen molar-refractivity contribution >= 4 is 18.3 Å². The van der Waals surface area contributed by atoms with E-state index in [0.29, 0.717) is 37.0 Å². The van der Waals surface area contributed by atoms with Crippen molar-refractivity contribution in [2.45, 2.75) is 65.3 Å². The monoisotopic (exact) mass is 332 g/mol. The maximum atomic E-state index is 12.1. The van der Waals surface area contributed by atoms with Crippen LogP contribution < -0.4 is 11.1 Å². The van der Waals surface area contributed by atoms with Gasteiger partial charge in [-0.05, 0) is 19.3 Å². The summed E-state index contributed by atoms with van der Waals surface area (Å²) in [6, 6.07) is 0. The summed E-state index contributed by atoms with van der Waals surface area (Å²) in [5.41, 5.74) is 5.43. The van der Waals surface area contributed by atoms with Gasteiger partial charge in [0.25, 0.3) is 0 Å². The minimum Gasteiger partial charge on any atom is -0.350 e. The van der Waals surface area contributed by atoms with Gasteiger partial charge in [0.15, 0.2) is 5.82 Å². The lowest BCUT2D eigenvalue weighted by Crippen LogP contribution is -2.52. The molecule has 1 amide bonds. The van der Waals surface area contributed by atoms with Gasteiger partial charge in [-0.15, -0.1) is 12.4 Å². The first kappa shape index (κ1) is 20.9. The van der Waals surface area contributed by atoms with Crippen LogP contribution in [-0.2, 0) is 11.2 Å². The minimum absolute atomic E-state index is 0. The number of rotatable bonds is 8. The molecule has 0 saturated carbocycles. The molecular formula is C15H29ClN4O2. The summed E-state index contributed by atoms with van der Waals surface area (Å²) in [7, 11) is 0. The lowest BCUT2D eigenvalue weighted by molar-refractivity contribution is -0.123. The van der Waals surface area contributed by atoms with Gasteiger partial charge in [-0.2, -0.15) is 4.98 Å². The standard InChI is InChI=1S/C15H28N4O2.ClH/c1-10(2)8-15(5,9-16)18-12(20)6-7-13-17-14(11(3)4)19-21-13;/h10-11H,6-9,16H2,1-5H3,(H,18,20);1H. The minimum atomic E-state index is -0.358. The van der Waals surface area contributed by atoms with Crippen LogP contribution in [0.2, 0.25) is 0 Å². The van der Waals surface area contributed by atoms with Crippen LogP contribution in [0.5, 0.6) is 0 Å².